The number of carboxylic acids is 1. The van der Waals surface area contributed by atoms with E-state index in [9.17, 15) is 14.7 Å². The lowest BCUT2D eigenvalue weighted by atomic mass is 9.88. The maximum absolute atomic E-state index is 13.8. The van der Waals surface area contributed by atoms with E-state index in [0.29, 0.717) is 41.0 Å². The third-order valence-electron chi connectivity index (χ3n) is 7.26. The first-order valence-electron chi connectivity index (χ1n) is 13.5. The van der Waals surface area contributed by atoms with Crippen molar-refractivity contribution in [2.45, 2.75) is 58.8 Å². The Bertz CT molecular complexity index is 1630. The molecule has 5 rings (SSSR count). The monoisotopic (exact) mass is 541 g/mol. The molecule has 7 nitrogen and oxygen atoms in total. The van der Waals surface area contributed by atoms with Gasteiger partial charge in [-0.05, 0) is 92.4 Å². The van der Waals surface area contributed by atoms with Crippen molar-refractivity contribution in [1.29, 1.82) is 0 Å². The van der Waals surface area contributed by atoms with Crippen LogP contribution in [0.25, 0.3) is 21.9 Å². The molecule has 40 heavy (non-hydrogen) atoms. The van der Waals surface area contributed by atoms with Gasteiger partial charge in [-0.15, -0.1) is 0 Å². The molecule has 1 aliphatic heterocycles. The van der Waals surface area contributed by atoms with Gasteiger partial charge in [0.05, 0.1) is 23.3 Å². The molecule has 1 aliphatic rings. The summed E-state index contributed by atoms with van der Waals surface area (Å²) in [6, 6.07) is 19.1. The van der Waals surface area contributed by atoms with Gasteiger partial charge in [0.25, 0.3) is 5.56 Å². The zero-order chi connectivity index (χ0) is 28.6. The van der Waals surface area contributed by atoms with E-state index in [4.69, 9.17) is 14.2 Å². The molecular formula is C33H35NO6. The molecule has 0 radical (unpaired) electrons. The summed E-state index contributed by atoms with van der Waals surface area (Å²) in [6.45, 7) is 8.48. The van der Waals surface area contributed by atoms with Crippen LogP contribution in [-0.4, -0.2) is 27.9 Å². The lowest BCUT2D eigenvalue weighted by Crippen LogP contribution is -2.33. The van der Waals surface area contributed by atoms with Crippen molar-refractivity contribution in [2.75, 3.05) is 6.61 Å². The first-order chi connectivity index (χ1) is 19.0. The minimum Gasteiger partial charge on any atom is -0.493 e. The van der Waals surface area contributed by atoms with E-state index < -0.39 is 17.7 Å². The second kappa shape index (κ2) is 10.8. The van der Waals surface area contributed by atoms with Crippen molar-refractivity contribution < 1.29 is 24.1 Å². The molecule has 0 saturated heterocycles. The molecule has 7 heteroatoms. The smallest absolute Gasteiger partial charge is 0.339 e. The first-order valence-corrected chi connectivity index (χ1v) is 13.5. The second-order valence-corrected chi connectivity index (χ2v) is 11.2. The molecule has 0 spiro atoms. The number of pyridine rings is 1. The number of fused-ring (bicyclic) bond motifs is 2. The molecule has 1 atom stereocenters. The van der Waals surface area contributed by atoms with Crippen molar-refractivity contribution in [3.63, 3.8) is 0 Å². The van der Waals surface area contributed by atoms with E-state index in [1.165, 1.54) is 4.57 Å². The lowest BCUT2D eigenvalue weighted by Gasteiger charge is -2.29. The fourth-order valence-electron chi connectivity index (χ4n) is 5.39. The lowest BCUT2D eigenvalue weighted by molar-refractivity contribution is -0.161. The van der Waals surface area contributed by atoms with Crippen LogP contribution in [0.3, 0.4) is 0 Å². The van der Waals surface area contributed by atoms with Gasteiger partial charge >= 0.3 is 5.97 Å². The topological polar surface area (TPSA) is 87.0 Å². The highest BCUT2D eigenvalue weighted by atomic mass is 16.5. The SMILES string of the molecule is Cc1c(-c2c(C(OC(C)(C)C)C(=O)O)n(C)c(=O)c3cc(OCc4ccccc4)ccc23)ccc2c1CCCO2. The number of hydrogen-bond acceptors (Lipinski definition) is 5. The summed E-state index contributed by atoms with van der Waals surface area (Å²) in [5.74, 6) is 0.247. The molecule has 1 aromatic heterocycles. The van der Waals surface area contributed by atoms with Crippen LogP contribution in [0.5, 0.6) is 11.5 Å². The predicted octanol–water partition coefficient (Wildman–Crippen LogP) is 6.36. The van der Waals surface area contributed by atoms with Gasteiger partial charge in [0, 0.05) is 12.6 Å². The number of benzene rings is 3. The molecule has 0 bridgehead atoms. The largest absolute Gasteiger partial charge is 0.493 e. The van der Waals surface area contributed by atoms with Gasteiger partial charge in [0.2, 0.25) is 0 Å². The fraction of sp³-hybridized carbons (Fsp3) is 0.333. The van der Waals surface area contributed by atoms with Gasteiger partial charge in [-0.3, -0.25) is 4.79 Å². The number of ether oxygens (including phenoxy) is 3. The highest BCUT2D eigenvalue weighted by Gasteiger charge is 2.34. The molecule has 3 aromatic carbocycles. The molecule has 0 saturated carbocycles. The zero-order valence-corrected chi connectivity index (χ0v) is 23.6. The molecule has 1 N–H and O–H groups in total. The Hall–Kier alpha value is -4.10. The van der Waals surface area contributed by atoms with Gasteiger partial charge in [0.15, 0.2) is 6.10 Å². The highest BCUT2D eigenvalue weighted by molar-refractivity contribution is 6.00. The Morgan fingerprint density at radius 1 is 1.07 bits per heavy atom. The van der Waals surface area contributed by atoms with E-state index in [2.05, 4.69) is 0 Å². The van der Waals surface area contributed by atoms with E-state index in [1.807, 2.05) is 61.5 Å². The van der Waals surface area contributed by atoms with Gasteiger partial charge in [0.1, 0.15) is 18.1 Å². The number of nitrogens with zero attached hydrogens (tertiary/aromatic N) is 1. The quantitative estimate of drug-likeness (QED) is 0.293. The van der Waals surface area contributed by atoms with E-state index in [1.54, 1.807) is 33.9 Å². The summed E-state index contributed by atoms with van der Waals surface area (Å²) in [5, 5.41) is 11.4. The van der Waals surface area contributed by atoms with Crippen LogP contribution in [0.4, 0.5) is 0 Å². The van der Waals surface area contributed by atoms with Gasteiger partial charge in [-0.25, -0.2) is 4.79 Å². The van der Waals surface area contributed by atoms with E-state index >= 15 is 0 Å². The minimum absolute atomic E-state index is 0.303. The standard InChI is InChI=1S/C33H35NO6/c1-20-23-12-9-17-38-27(23)16-15-24(20)28-25-14-13-22(39-19-21-10-7-6-8-11-21)18-26(25)31(35)34(5)29(28)30(32(36)37)40-33(2,3)4/h6-8,10-11,13-16,18,30H,9,12,17,19H2,1-5H3,(H,36,37). The maximum Gasteiger partial charge on any atom is 0.339 e. The molecule has 208 valence electrons. The Labute approximate surface area is 233 Å². The maximum atomic E-state index is 13.8. The Morgan fingerprint density at radius 3 is 2.52 bits per heavy atom. The summed E-state index contributed by atoms with van der Waals surface area (Å²) >= 11 is 0. The Morgan fingerprint density at radius 2 is 1.82 bits per heavy atom. The number of carbonyl (C=O) groups is 1. The minimum atomic E-state index is -1.36. The van der Waals surface area contributed by atoms with Crippen LogP contribution >= 0.6 is 0 Å². The third kappa shape index (κ3) is 5.34. The highest BCUT2D eigenvalue weighted by Crippen LogP contribution is 2.42. The molecular weight excluding hydrogens is 506 g/mol. The van der Waals surface area contributed by atoms with Gasteiger partial charge in [-0.2, -0.15) is 0 Å². The van der Waals surface area contributed by atoms with E-state index in [0.717, 1.165) is 40.8 Å². The van der Waals surface area contributed by atoms with Crippen LogP contribution in [0.15, 0.2) is 65.5 Å². The van der Waals surface area contributed by atoms with E-state index in [-0.39, 0.29) is 5.56 Å². The van der Waals surface area contributed by atoms with Crippen molar-refractivity contribution in [3.8, 4) is 22.6 Å². The fourth-order valence-corrected chi connectivity index (χ4v) is 5.39. The molecule has 0 fully saturated rings. The van der Waals surface area contributed by atoms with Crippen LogP contribution in [-0.2, 0) is 29.6 Å². The normalized spacial score (nSPS) is 13.9. The summed E-state index contributed by atoms with van der Waals surface area (Å²) in [4.78, 5) is 26.5. The zero-order valence-electron chi connectivity index (χ0n) is 23.6. The Balaban J connectivity index is 1.75. The number of aliphatic carboxylic acids is 1. The molecule has 2 heterocycles. The van der Waals surface area contributed by atoms with Gasteiger partial charge < -0.3 is 23.9 Å². The molecule has 0 amide bonds. The summed E-state index contributed by atoms with van der Waals surface area (Å²) in [7, 11) is 1.61. The number of aromatic nitrogens is 1. The molecule has 1 unspecified atom stereocenters. The summed E-state index contributed by atoms with van der Waals surface area (Å²) in [6.07, 6.45) is 0.412. The second-order valence-electron chi connectivity index (χ2n) is 11.2. The van der Waals surface area contributed by atoms with Crippen LogP contribution < -0.4 is 15.0 Å². The molecule has 4 aromatic rings. The molecule has 0 aliphatic carbocycles. The average Bonchev–Trinajstić information content (AvgIpc) is 2.93. The van der Waals surface area contributed by atoms with Crippen LogP contribution in [0.1, 0.15) is 55.7 Å². The van der Waals surface area contributed by atoms with Crippen LogP contribution in [0, 0.1) is 6.92 Å². The van der Waals surface area contributed by atoms with Gasteiger partial charge in [-0.1, -0.05) is 36.4 Å². The van der Waals surface area contributed by atoms with Crippen molar-refractivity contribution in [1.82, 2.24) is 4.57 Å². The number of carboxylic acid groups (broad SMARTS) is 1. The Kier molecular flexibility index (Phi) is 7.43. The van der Waals surface area contributed by atoms with Crippen molar-refractivity contribution in [2.24, 2.45) is 7.05 Å². The van der Waals surface area contributed by atoms with Crippen molar-refractivity contribution >= 4 is 16.7 Å². The predicted molar refractivity (Wildman–Crippen MR) is 155 cm³/mol. The van der Waals surface area contributed by atoms with Crippen LogP contribution in [0.2, 0.25) is 0 Å². The number of rotatable bonds is 7. The first kappa shape index (κ1) is 27.5. The van der Waals surface area contributed by atoms with Crippen molar-refractivity contribution in [3.05, 3.63) is 93.4 Å². The summed E-state index contributed by atoms with van der Waals surface area (Å²) in [5.41, 5.74) is 3.85. The average molecular weight is 542 g/mol. The number of hydrogen-bond donors (Lipinski definition) is 1. The third-order valence-corrected chi connectivity index (χ3v) is 7.26. The summed E-state index contributed by atoms with van der Waals surface area (Å²) < 4.78 is 19.4.